The van der Waals surface area contributed by atoms with Crippen molar-refractivity contribution in [2.45, 2.75) is 234 Å². The van der Waals surface area contributed by atoms with Gasteiger partial charge in [0.2, 0.25) is 5.91 Å². The van der Waals surface area contributed by atoms with Crippen LogP contribution in [0.4, 0.5) is 0 Å². The van der Waals surface area contributed by atoms with Crippen molar-refractivity contribution >= 4 is 5.91 Å². The number of unbranched alkanes of at least 4 members (excludes halogenated alkanes) is 12. The molecule has 400 valence electrons. The molecule has 0 spiro atoms. The lowest BCUT2D eigenvalue weighted by atomic mass is 9.96. The molecule has 0 saturated carbocycles. The number of ether oxygens (including phenoxy) is 6. The summed E-state index contributed by atoms with van der Waals surface area (Å²) in [5.41, 5.74) is 0. The molecule has 19 nitrogen and oxygen atoms in total. The SMILES string of the molecule is CCCCC/C=C\C/C=C\CCCCCCCC(=O)NC(COC1OC(CO)C(OC2OC(CO)C(OC3OC(CO)C(O)C(O)C3O)C(O)C2O)C(O)C1O)C(O)/C=C/CC/C=C/CCCCC. The number of carbonyl (C=O) groups is 1. The summed E-state index contributed by atoms with van der Waals surface area (Å²) in [5, 5.41) is 119. The molecule has 3 aliphatic rings. The Morgan fingerprint density at radius 3 is 1.54 bits per heavy atom. The Morgan fingerprint density at radius 2 is 0.971 bits per heavy atom. The number of hydrogen-bond donors (Lipinski definition) is 12. The van der Waals surface area contributed by atoms with Gasteiger partial charge in [0.1, 0.15) is 73.2 Å². The molecule has 69 heavy (non-hydrogen) atoms. The lowest BCUT2D eigenvalue weighted by molar-refractivity contribution is -0.379. The molecule has 0 aliphatic carbocycles. The van der Waals surface area contributed by atoms with E-state index in [1.54, 1.807) is 6.08 Å². The van der Waals surface area contributed by atoms with Crippen LogP contribution in [-0.4, -0.2) is 193 Å². The van der Waals surface area contributed by atoms with Crippen LogP contribution in [0, 0.1) is 0 Å². The largest absolute Gasteiger partial charge is 0.394 e. The highest BCUT2D eigenvalue weighted by Crippen LogP contribution is 2.33. The fourth-order valence-corrected chi connectivity index (χ4v) is 8.29. The predicted octanol–water partition coefficient (Wildman–Crippen LogP) is 1.58. The Labute approximate surface area is 408 Å². The number of amides is 1. The van der Waals surface area contributed by atoms with Crippen molar-refractivity contribution in [1.29, 1.82) is 0 Å². The minimum Gasteiger partial charge on any atom is -0.394 e. The number of nitrogens with one attached hydrogen (secondary N) is 1. The van der Waals surface area contributed by atoms with Gasteiger partial charge in [-0.05, 0) is 64.2 Å². The van der Waals surface area contributed by atoms with E-state index in [1.165, 1.54) is 25.7 Å². The van der Waals surface area contributed by atoms with Crippen LogP contribution in [-0.2, 0) is 33.2 Å². The maximum atomic E-state index is 13.2. The van der Waals surface area contributed by atoms with Gasteiger partial charge in [0.25, 0.3) is 0 Å². The number of allylic oxidation sites excluding steroid dienone is 7. The van der Waals surface area contributed by atoms with E-state index >= 15 is 0 Å². The highest BCUT2D eigenvalue weighted by Gasteiger charge is 2.53. The van der Waals surface area contributed by atoms with Crippen LogP contribution >= 0.6 is 0 Å². The van der Waals surface area contributed by atoms with Gasteiger partial charge in [0.15, 0.2) is 18.9 Å². The normalized spacial score (nSPS) is 33.3. The fourth-order valence-electron chi connectivity index (χ4n) is 8.29. The molecular formula is C50H87NO18. The van der Waals surface area contributed by atoms with Crippen molar-refractivity contribution in [1.82, 2.24) is 5.32 Å². The molecule has 3 aliphatic heterocycles. The van der Waals surface area contributed by atoms with Gasteiger partial charge in [-0.1, -0.05) is 107 Å². The number of aliphatic hydroxyl groups excluding tert-OH is 11. The quantitative estimate of drug-likeness (QED) is 0.0322. The predicted molar refractivity (Wildman–Crippen MR) is 254 cm³/mol. The molecule has 12 N–H and O–H groups in total. The van der Waals surface area contributed by atoms with Gasteiger partial charge >= 0.3 is 0 Å². The molecule has 0 aromatic carbocycles. The second kappa shape index (κ2) is 35.0. The van der Waals surface area contributed by atoms with Crippen molar-refractivity contribution in [2.75, 3.05) is 26.4 Å². The summed E-state index contributed by atoms with van der Waals surface area (Å²) in [5.74, 6) is -0.307. The molecule has 3 rings (SSSR count). The van der Waals surface area contributed by atoms with Gasteiger partial charge in [0, 0.05) is 6.42 Å². The zero-order valence-electron chi connectivity index (χ0n) is 40.8. The zero-order chi connectivity index (χ0) is 50.6. The lowest BCUT2D eigenvalue weighted by Gasteiger charge is -2.48. The summed E-state index contributed by atoms with van der Waals surface area (Å²) < 4.78 is 34.0. The molecule has 3 fully saturated rings. The second-order valence-corrected chi connectivity index (χ2v) is 18.3. The van der Waals surface area contributed by atoms with Gasteiger partial charge in [-0.3, -0.25) is 4.79 Å². The molecule has 3 saturated heterocycles. The van der Waals surface area contributed by atoms with E-state index in [-0.39, 0.29) is 18.9 Å². The topological polar surface area (TPSA) is 307 Å². The van der Waals surface area contributed by atoms with E-state index < -0.39 is 124 Å². The van der Waals surface area contributed by atoms with Crippen molar-refractivity contribution in [3.05, 3.63) is 48.6 Å². The van der Waals surface area contributed by atoms with Crippen LogP contribution in [0.5, 0.6) is 0 Å². The average molecular weight is 990 g/mol. The van der Waals surface area contributed by atoms with E-state index in [4.69, 9.17) is 28.4 Å². The maximum absolute atomic E-state index is 13.2. The Kier molecular flexibility index (Phi) is 31.0. The Hall–Kier alpha value is -2.25. The van der Waals surface area contributed by atoms with Crippen molar-refractivity contribution in [2.24, 2.45) is 0 Å². The van der Waals surface area contributed by atoms with E-state index in [2.05, 4.69) is 55.6 Å². The highest BCUT2D eigenvalue weighted by atomic mass is 16.8. The van der Waals surface area contributed by atoms with Crippen molar-refractivity contribution < 1.29 is 89.4 Å². The van der Waals surface area contributed by atoms with Gasteiger partial charge < -0.3 is 89.9 Å². The first-order chi connectivity index (χ1) is 33.3. The molecule has 17 unspecified atom stereocenters. The van der Waals surface area contributed by atoms with Crippen LogP contribution < -0.4 is 5.32 Å². The molecule has 17 atom stereocenters. The van der Waals surface area contributed by atoms with Gasteiger partial charge in [0.05, 0.1) is 38.6 Å². The van der Waals surface area contributed by atoms with E-state index in [1.807, 2.05) is 6.08 Å². The summed E-state index contributed by atoms with van der Waals surface area (Å²) in [6, 6.07) is -0.994. The van der Waals surface area contributed by atoms with E-state index in [9.17, 15) is 61.0 Å². The first-order valence-electron chi connectivity index (χ1n) is 25.4. The Bertz CT molecular complexity index is 1460. The Morgan fingerprint density at radius 1 is 0.522 bits per heavy atom. The van der Waals surface area contributed by atoms with Crippen LogP contribution in [0.3, 0.4) is 0 Å². The number of carbonyl (C=O) groups excluding carboxylic acids is 1. The average Bonchev–Trinajstić information content (AvgIpc) is 3.34. The smallest absolute Gasteiger partial charge is 0.220 e. The summed E-state index contributed by atoms with van der Waals surface area (Å²) in [4.78, 5) is 13.2. The number of aliphatic hydroxyl groups is 11. The number of hydrogen-bond acceptors (Lipinski definition) is 18. The third kappa shape index (κ3) is 21.0. The van der Waals surface area contributed by atoms with E-state index in [0.29, 0.717) is 12.8 Å². The first-order valence-corrected chi connectivity index (χ1v) is 25.4. The molecule has 19 heteroatoms. The third-order valence-electron chi connectivity index (χ3n) is 12.6. The molecule has 3 heterocycles. The monoisotopic (exact) mass is 990 g/mol. The van der Waals surface area contributed by atoms with Crippen LogP contribution in [0.2, 0.25) is 0 Å². The fraction of sp³-hybridized carbons (Fsp3) is 0.820. The van der Waals surface area contributed by atoms with E-state index in [0.717, 1.165) is 70.6 Å². The molecule has 0 aromatic heterocycles. The van der Waals surface area contributed by atoms with Crippen LogP contribution in [0.15, 0.2) is 48.6 Å². The van der Waals surface area contributed by atoms with Crippen molar-refractivity contribution in [3.63, 3.8) is 0 Å². The summed E-state index contributed by atoms with van der Waals surface area (Å²) in [6.07, 6.45) is 7.08. The molecule has 0 aromatic rings. The second-order valence-electron chi connectivity index (χ2n) is 18.3. The maximum Gasteiger partial charge on any atom is 0.220 e. The van der Waals surface area contributed by atoms with Gasteiger partial charge in [-0.2, -0.15) is 0 Å². The molecule has 1 amide bonds. The molecule has 0 radical (unpaired) electrons. The third-order valence-corrected chi connectivity index (χ3v) is 12.6. The minimum absolute atomic E-state index is 0.217. The zero-order valence-corrected chi connectivity index (χ0v) is 40.8. The van der Waals surface area contributed by atoms with Crippen LogP contribution in [0.25, 0.3) is 0 Å². The minimum atomic E-state index is -1.98. The summed E-state index contributed by atoms with van der Waals surface area (Å²) >= 11 is 0. The molecule has 0 bridgehead atoms. The van der Waals surface area contributed by atoms with Crippen molar-refractivity contribution in [3.8, 4) is 0 Å². The van der Waals surface area contributed by atoms with Gasteiger partial charge in [-0.15, -0.1) is 0 Å². The first kappa shape index (κ1) is 61.1. The Balaban J connectivity index is 1.57. The standard InChI is InChI=1S/C50H87NO18/c1-3-5-7-9-11-13-14-15-16-17-18-20-22-24-26-28-38(56)51-33(34(55)27-25-23-21-19-12-10-8-6-4-2)32-64-48-44(62)41(59)46(36(30-53)66-48)69-50-45(63)42(60)47(37(31-54)67-50)68-49-43(61)40(58)39(57)35(29-52)65-49/h11-13,15-16,19,25,27,33-37,39-50,52-55,57-63H,3-10,14,17-18,20-24,26,28-32H2,1-2H3,(H,51,56)/b13-11-,16-15-,19-12+,27-25+. The summed E-state index contributed by atoms with van der Waals surface area (Å²) in [7, 11) is 0. The van der Waals surface area contributed by atoms with Gasteiger partial charge in [-0.25, -0.2) is 0 Å². The molecular weight excluding hydrogens is 903 g/mol. The summed E-state index contributed by atoms with van der Waals surface area (Å²) in [6.45, 7) is 1.55. The van der Waals surface area contributed by atoms with Crippen LogP contribution in [0.1, 0.15) is 129 Å². The lowest BCUT2D eigenvalue weighted by Crippen LogP contribution is -2.66. The number of rotatable bonds is 34. The highest BCUT2D eigenvalue weighted by molar-refractivity contribution is 5.76.